The van der Waals surface area contributed by atoms with Gasteiger partial charge in [-0.15, -0.1) is 10.2 Å². The number of nitrogens with zero attached hydrogens (tertiary/aromatic N) is 2. The summed E-state index contributed by atoms with van der Waals surface area (Å²) < 4.78 is 6.05. The molecular formula is C17H23N3O. The van der Waals surface area contributed by atoms with E-state index in [1.54, 1.807) is 0 Å². The topological polar surface area (TPSA) is 51.0 Å². The second-order valence-electron chi connectivity index (χ2n) is 6.11. The minimum atomic E-state index is -0.0255. The average molecular weight is 285 g/mol. The molecular weight excluding hydrogens is 262 g/mol. The van der Waals surface area contributed by atoms with Crippen molar-refractivity contribution in [2.24, 2.45) is 0 Å². The molecule has 1 unspecified atom stereocenters. The summed E-state index contributed by atoms with van der Waals surface area (Å²) >= 11 is 0. The van der Waals surface area contributed by atoms with E-state index in [9.17, 15) is 0 Å². The number of aromatic nitrogens is 2. The first-order valence-electron chi connectivity index (χ1n) is 7.85. The lowest BCUT2D eigenvalue weighted by Crippen LogP contribution is -2.22. The fourth-order valence-electron chi connectivity index (χ4n) is 3.16. The number of hydrogen-bond acceptors (Lipinski definition) is 4. The molecule has 0 radical (unpaired) electrons. The Bertz CT molecular complexity index is 573. The van der Waals surface area contributed by atoms with Gasteiger partial charge in [-0.3, -0.25) is 0 Å². The van der Waals surface area contributed by atoms with E-state index in [1.165, 1.54) is 12.8 Å². The van der Waals surface area contributed by atoms with Crippen LogP contribution in [0.5, 0.6) is 0 Å². The smallest absolute Gasteiger partial charge is 0.237 e. The molecule has 1 aliphatic rings. The van der Waals surface area contributed by atoms with Crippen LogP contribution >= 0.6 is 0 Å². The van der Waals surface area contributed by atoms with Crippen LogP contribution in [0.4, 0.5) is 0 Å². The number of nitrogens with one attached hydrogen (secondary N) is 1. The normalized spacial score (nSPS) is 18.8. The zero-order chi connectivity index (χ0) is 14.7. The van der Waals surface area contributed by atoms with Crippen LogP contribution in [0.2, 0.25) is 0 Å². The van der Waals surface area contributed by atoms with Gasteiger partial charge >= 0.3 is 0 Å². The first-order valence-corrected chi connectivity index (χ1v) is 7.85. The summed E-state index contributed by atoms with van der Waals surface area (Å²) in [6.07, 6.45) is 4.80. The van der Waals surface area contributed by atoms with Crippen LogP contribution < -0.4 is 5.32 Å². The maximum Gasteiger partial charge on any atom is 0.237 e. The van der Waals surface area contributed by atoms with E-state index in [2.05, 4.69) is 41.5 Å². The minimum absolute atomic E-state index is 0.0255. The van der Waals surface area contributed by atoms with Crippen molar-refractivity contribution in [3.8, 4) is 0 Å². The van der Waals surface area contributed by atoms with Gasteiger partial charge in [-0.05, 0) is 24.9 Å². The van der Waals surface area contributed by atoms with Crippen molar-refractivity contribution in [2.75, 3.05) is 6.54 Å². The van der Waals surface area contributed by atoms with Crippen LogP contribution in [0.25, 0.3) is 0 Å². The zero-order valence-electron chi connectivity index (χ0n) is 12.8. The van der Waals surface area contributed by atoms with E-state index in [0.29, 0.717) is 5.89 Å². The maximum absolute atomic E-state index is 6.05. The van der Waals surface area contributed by atoms with Crippen molar-refractivity contribution >= 4 is 0 Å². The molecule has 3 rings (SSSR count). The molecule has 0 aliphatic heterocycles. The van der Waals surface area contributed by atoms with Crippen LogP contribution in [0.15, 0.2) is 34.7 Å². The third-order valence-electron chi connectivity index (χ3n) is 4.45. The lowest BCUT2D eigenvalue weighted by molar-refractivity contribution is 0.324. The van der Waals surface area contributed by atoms with Gasteiger partial charge in [0.15, 0.2) is 0 Å². The van der Waals surface area contributed by atoms with E-state index < -0.39 is 0 Å². The van der Waals surface area contributed by atoms with Gasteiger partial charge in [0.25, 0.3) is 0 Å². The molecule has 1 heterocycles. The Morgan fingerprint density at radius 2 is 1.90 bits per heavy atom. The van der Waals surface area contributed by atoms with Gasteiger partial charge in [0, 0.05) is 5.41 Å². The Morgan fingerprint density at radius 1 is 1.19 bits per heavy atom. The standard InChI is InChI=1S/C17H23N3O/c1-3-18-14(13-9-5-4-6-10-13)15-19-20-16(21-15)17(2)11-7-8-12-17/h4-6,9-10,14,18H,3,7-8,11-12H2,1-2H3. The molecule has 4 heteroatoms. The van der Waals surface area contributed by atoms with Gasteiger partial charge in [0.05, 0.1) is 0 Å². The third-order valence-corrected chi connectivity index (χ3v) is 4.45. The third kappa shape index (κ3) is 2.86. The van der Waals surface area contributed by atoms with Crippen LogP contribution in [-0.2, 0) is 5.41 Å². The molecule has 112 valence electrons. The van der Waals surface area contributed by atoms with E-state index >= 15 is 0 Å². The van der Waals surface area contributed by atoms with E-state index in [4.69, 9.17) is 4.42 Å². The van der Waals surface area contributed by atoms with Gasteiger partial charge < -0.3 is 9.73 Å². The van der Waals surface area contributed by atoms with Crippen molar-refractivity contribution in [1.29, 1.82) is 0 Å². The van der Waals surface area contributed by atoms with Crippen molar-refractivity contribution < 1.29 is 4.42 Å². The van der Waals surface area contributed by atoms with Gasteiger partial charge in [-0.2, -0.15) is 0 Å². The second kappa shape index (κ2) is 5.98. The van der Waals surface area contributed by atoms with E-state index in [1.807, 2.05) is 18.2 Å². The predicted molar refractivity (Wildman–Crippen MR) is 82.1 cm³/mol. The van der Waals surface area contributed by atoms with Gasteiger partial charge in [-0.1, -0.05) is 57.0 Å². The summed E-state index contributed by atoms with van der Waals surface area (Å²) in [6, 6.07) is 10.3. The van der Waals surface area contributed by atoms with Crippen LogP contribution in [0.1, 0.15) is 62.9 Å². The van der Waals surface area contributed by atoms with Crippen LogP contribution in [-0.4, -0.2) is 16.7 Å². The molecule has 0 spiro atoms. The second-order valence-corrected chi connectivity index (χ2v) is 6.11. The molecule has 4 nitrogen and oxygen atoms in total. The zero-order valence-corrected chi connectivity index (χ0v) is 12.8. The molecule has 1 fully saturated rings. The fraction of sp³-hybridized carbons (Fsp3) is 0.529. The van der Waals surface area contributed by atoms with Crippen molar-refractivity contribution in [3.05, 3.63) is 47.7 Å². The Labute approximate surface area is 126 Å². The van der Waals surface area contributed by atoms with Gasteiger partial charge in [0.1, 0.15) is 6.04 Å². The highest BCUT2D eigenvalue weighted by atomic mass is 16.4. The Balaban J connectivity index is 1.89. The molecule has 1 aliphatic carbocycles. The molecule has 1 aromatic heterocycles. The lowest BCUT2D eigenvalue weighted by Gasteiger charge is -2.18. The first kappa shape index (κ1) is 14.3. The highest BCUT2D eigenvalue weighted by Crippen LogP contribution is 2.40. The molecule has 0 bridgehead atoms. The average Bonchev–Trinajstić information content (AvgIpc) is 3.16. The number of hydrogen-bond donors (Lipinski definition) is 1. The van der Waals surface area contributed by atoms with E-state index in [0.717, 1.165) is 30.8 Å². The van der Waals surface area contributed by atoms with E-state index in [-0.39, 0.29) is 11.5 Å². The minimum Gasteiger partial charge on any atom is -0.423 e. The lowest BCUT2D eigenvalue weighted by atomic mass is 9.89. The SMILES string of the molecule is CCNC(c1ccccc1)c1nnc(C2(C)CCCC2)o1. The highest BCUT2D eigenvalue weighted by Gasteiger charge is 2.36. The van der Waals surface area contributed by atoms with Gasteiger partial charge in [-0.25, -0.2) is 0 Å². The number of rotatable bonds is 5. The Kier molecular flexibility index (Phi) is 4.06. The molecule has 1 N–H and O–H groups in total. The summed E-state index contributed by atoms with van der Waals surface area (Å²) in [7, 11) is 0. The quantitative estimate of drug-likeness (QED) is 0.912. The van der Waals surface area contributed by atoms with Crippen molar-refractivity contribution in [2.45, 2.75) is 51.0 Å². The summed E-state index contributed by atoms with van der Waals surface area (Å²) in [5.74, 6) is 1.47. The molecule has 1 atom stereocenters. The molecule has 21 heavy (non-hydrogen) atoms. The fourth-order valence-corrected chi connectivity index (χ4v) is 3.16. The van der Waals surface area contributed by atoms with Crippen LogP contribution in [0, 0.1) is 0 Å². The largest absolute Gasteiger partial charge is 0.423 e. The van der Waals surface area contributed by atoms with Gasteiger partial charge in [0.2, 0.25) is 11.8 Å². The summed E-state index contributed by atoms with van der Waals surface area (Å²) in [6.45, 7) is 5.18. The highest BCUT2D eigenvalue weighted by molar-refractivity contribution is 5.23. The summed E-state index contributed by atoms with van der Waals surface area (Å²) in [4.78, 5) is 0. The monoisotopic (exact) mass is 285 g/mol. The predicted octanol–water partition coefficient (Wildman–Crippen LogP) is 3.60. The van der Waals surface area contributed by atoms with Crippen molar-refractivity contribution in [3.63, 3.8) is 0 Å². The summed E-state index contributed by atoms with van der Waals surface area (Å²) in [5.41, 5.74) is 1.23. The summed E-state index contributed by atoms with van der Waals surface area (Å²) in [5, 5.41) is 12.1. The molecule has 1 aromatic carbocycles. The first-order chi connectivity index (χ1) is 10.2. The molecule has 1 saturated carbocycles. The molecule has 0 amide bonds. The van der Waals surface area contributed by atoms with Crippen LogP contribution in [0.3, 0.4) is 0 Å². The van der Waals surface area contributed by atoms with Crippen molar-refractivity contribution in [1.82, 2.24) is 15.5 Å². The number of benzene rings is 1. The Morgan fingerprint density at radius 3 is 2.57 bits per heavy atom. The molecule has 0 saturated heterocycles. The maximum atomic E-state index is 6.05. The Hall–Kier alpha value is -1.68. The molecule has 2 aromatic rings.